The van der Waals surface area contributed by atoms with Gasteiger partial charge < -0.3 is 9.47 Å². The van der Waals surface area contributed by atoms with Gasteiger partial charge in [0.25, 0.3) is 0 Å². The largest absolute Gasteiger partial charge is 0.491 e. The Labute approximate surface area is 79.0 Å². The second-order valence-electron chi connectivity index (χ2n) is 2.15. The van der Waals surface area contributed by atoms with Gasteiger partial charge in [-0.25, -0.2) is 0 Å². The van der Waals surface area contributed by atoms with Crippen LogP contribution in [0.1, 0.15) is 0 Å². The molecule has 2 nitrogen and oxygen atoms in total. The lowest BCUT2D eigenvalue weighted by molar-refractivity contribution is -0.0511. The molecule has 0 radical (unpaired) electrons. The first kappa shape index (κ1) is 10.1. The van der Waals surface area contributed by atoms with E-state index in [9.17, 15) is 8.78 Å². The lowest BCUT2D eigenvalue weighted by Gasteiger charge is -2.10. The molecule has 0 aliphatic heterocycles. The average Bonchev–Trinajstić information content (AvgIpc) is 2.03. The number of alkyl halides is 2. The average molecular weight is 209 g/mol. The monoisotopic (exact) mass is 208 g/mol. The van der Waals surface area contributed by atoms with Crippen molar-refractivity contribution in [1.29, 1.82) is 0 Å². The van der Waals surface area contributed by atoms with E-state index in [4.69, 9.17) is 16.3 Å². The van der Waals surface area contributed by atoms with Gasteiger partial charge in [0.15, 0.2) is 11.5 Å². The summed E-state index contributed by atoms with van der Waals surface area (Å²) >= 11 is 5.66. The Hall–Kier alpha value is -1.03. The lowest BCUT2D eigenvalue weighted by atomic mass is 10.3. The molecule has 0 aliphatic rings. The third kappa shape index (κ3) is 2.45. The molecule has 1 aromatic rings. The molecule has 0 spiro atoms. The van der Waals surface area contributed by atoms with Crippen LogP contribution in [-0.2, 0) is 0 Å². The minimum absolute atomic E-state index is 0.0648. The topological polar surface area (TPSA) is 18.5 Å². The molecule has 72 valence electrons. The molecule has 0 aromatic heterocycles. The standard InChI is InChI=1S/C8H7ClF2O2/c1-12-7-5(9)3-2-4-6(7)13-8(10)11/h2-4,8H,1H3. The number of methoxy groups -OCH3 is 1. The molecule has 13 heavy (non-hydrogen) atoms. The van der Waals surface area contributed by atoms with Gasteiger partial charge in [-0.05, 0) is 12.1 Å². The molecule has 0 bridgehead atoms. The highest BCUT2D eigenvalue weighted by Gasteiger charge is 2.12. The maximum Gasteiger partial charge on any atom is 0.387 e. The van der Waals surface area contributed by atoms with E-state index in [1.54, 1.807) is 0 Å². The first-order chi connectivity index (χ1) is 6.15. The summed E-state index contributed by atoms with van der Waals surface area (Å²) in [4.78, 5) is 0. The van der Waals surface area contributed by atoms with Crippen molar-refractivity contribution in [2.75, 3.05) is 7.11 Å². The number of ether oxygens (including phenoxy) is 2. The van der Waals surface area contributed by atoms with Gasteiger partial charge in [-0.2, -0.15) is 8.78 Å². The molecule has 1 rings (SSSR count). The second kappa shape index (κ2) is 4.28. The zero-order valence-electron chi connectivity index (χ0n) is 6.76. The van der Waals surface area contributed by atoms with Crippen molar-refractivity contribution in [3.63, 3.8) is 0 Å². The van der Waals surface area contributed by atoms with Crippen LogP contribution in [0.2, 0.25) is 5.02 Å². The quantitative estimate of drug-likeness (QED) is 0.760. The Morgan fingerprint density at radius 2 is 2.08 bits per heavy atom. The van der Waals surface area contributed by atoms with Crippen LogP contribution >= 0.6 is 11.6 Å². The van der Waals surface area contributed by atoms with Gasteiger partial charge in [0.1, 0.15) is 0 Å². The first-order valence-electron chi connectivity index (χ1n) is 3.42. The van der Waals surface area contributed by atoms with Gasteiger partial charge in [-0.1, -0.05) is 17.7 Å². The van der Waals surface area contributed by atoms with Gasteiger partial charge in [-0.15, -0.1) is 0 Å². The molecule has 0 unspecified atom stereocenters. The molecule has 0 atom stereocenters. The second-order valence-corrected chi connectivity index (χ2v) is 2.56. The molecular formula is C8H7ClF2O2. The van der Waals surface area contributed by atoms with Gasteiger partial charge in [0.2, 0.25) is 0 Å². The fraction of sp³-hybridized carbons (Fsp3) is 0.250. The van der Waals surface area contributed by atoms with Gasteiger partial charge >= 0.3 is 6.61 Å². The number of benzene rings is 1. The number of rotatable bonds is 3. The van der Waals surface area contributed by atoms with Crippen LogP contribution in [0.3, 0.4) is 0 Å². The number of para-hydroxylation sites is 1. The van der Waals surface area contributed by atoms with Crippen LogP contribution < -0.4 is 9.47 Å². The van der Waals surface area contributed by atoms with E-state index in [-0.39, 0.29) is 16.5 Å². The zero-order valence-corrected chi connectivity index (χ0v) is 7.52. The van der Waals surface area contributed by atoms with Crippen LogP contribution in [-0.4, -0.2) is 13.7 Å². The summed E-state index contributed by atoms with van der Waals surface area (Å²) in [6.07, 6.45) is 0. The highest BCUT2D eigenvalue weighted by molar-refractivity contribution is 6.32. The summed E-state index contributed by atoms with van der Waals surface area (Å²) in [7, 11) is 1.33. The van der Waals surface area contributed by atoms with Gasteiger partial charge in [0, 0.05) is 0 Å². The van der Waals surface area contributed by atoms with Gasteiger partial charge in [-0.3, -0.25) is 0 Å². The van der Waals surface area contributed by atoms with Gasteiger partial charge in [0.05, 0.1) is 12.1 Å². The van der Waals surface area contributed by atoms with E-state index in [0.717, 1.165) is 0 Å². The van der Waals surface area contributed by atoms with Crippen molar-refractivity contribution < 1.29 is 18.3 Å². The predicted octanol–water partition coefficient (Wildman–Crippen LogP) is 2.95. The van der Waals surface area contributed by atoms with Crippen LogP contribution in [0.15, 0.2) is 18.2 Å². The van der Waals surface area contributed by atoms with E-state index < -0.39 is 6.61 Å². The predicted molar refractivity (Wildman–Crippen MR) is 44.6 cm³/mol. The molecule has 0 aliphatic carbocycles. The van der Waals surface area contributed by atoms with E-state index >= 15 is 0 Å². The molecule has 0 saturated carbocycles. The van der Waals surface area contributed by atoms with Crippen molar-refractivity contribution in [1.82, 2.24) is 0 Å². The molecule has 0 heterocycles. The Balaban J connectivity index is 2.98. The lowest BCUT2D eigenvalue weighted by Crippen LogP contribution is -2.03. The fourth-order valence-electron chi connectivity index (χ4n) is 0.876. The van der Waals surface area contributed by atoms with Crippen molar-refractivity contribution in [2.24, 2.45) is 0 Å². The summed E-state index contributed by atoms with van der Waals surface area (Å²) < 4.78 is 32.7. The Kier molecular flexibility index (Phi) is 3.31. The first-order valence-corrected chi connectivity index (χ1v) is 3.80. The third-order valence-corrected chi connectivity index (χ3v) is 1.65. The molecular weight excluding hydrogens is 202 g/mol. The van der Waals surface area contributed by atoms with Crippen molar-refractivity contribution in [3.8, 4) is 11.5 Å². The highest BCUT2D eigenvalue weighted by Crippen LogP contribution is 2.35. The van der Waals surface area contributed by atoms with Crippen molar-refractivity contribution >= 4 is 11.6 Å². The normalized spacial score (nSPS) is 10.2. The molecule has 0 N–H and O–H groups in total. The van der Waals surface area contributed by atoms with Crippen LogP contribution in [0.4, 0.5) is 8.78 Å². The summed E-state index contributed by atoms with van der Waals surface area (Å²) in [5, 5.41) is 0.237. The highest BCUT2D eigenvalue weighted by atomic mass is 35.5. The molecule has 0 saturated heterocycles. The molecule has 5 heteroatoms. The fourth-order valence-corrected chi connectivity index (χ4v) is 1.12. The van der Waals surface area contributed by atoms with E-state index in [2.05, 4.69) is 4.74 Å². The van der Waals surface area contributed by atoms with E-state index in [0.29, 0.717) is 0 Å². The van der Waals surface area contributed by atoms with Crippen LogP contribution in [0, 0.1) is 0 Å². The van der Waals surface area contributed by atoms with E-state index in [1.165, 1.54) is 25.3 Å². The third-order valence-electron chi connectivity index (χ3n) is 1.35. The maximum atomic E-state index is 11.8. The SMILES string of the molecule is COc1c(Cl)cccc1OC(F)F. The van der Waals surface area contributed by atoms with Crippen molar-refractivity contribution in [3.05, 3.63) is 23.2 Å². The zero-order chi connectivity index (χ0) is 9.84. The minimum atomic E-state index is -2.88. The summed E-state index contributed by atoms with van der Waals surface area (Å²) in [6, 6.07) is 4.39. The summed E-state index contributed by atoms with van der Waals surface area (Å²) in [6.45, 7) is -2.88. The molecule has 0 amide bonds. The van der Waals surface area contributed by atoms with Crippen LogP contribution in [0.25, 0.3) is 0 Å². The number of hydrogen-bond donors (Lipinski definition) is 0. The summed E-state index contributed by atoms with van der Waals surface area (Å²) in [5.74, 6) is 0.0504. The Morgan fingerprint density at radius 1 is 1.38 bits per heavy atom. The Morgan fingerprint density at radius 3 is 2.62 bits per heavy atom. The number of hydrogen-bond acceptors (Lipinski definition) is 2. The van der Waals surface area contributed by atoms with Crippen molar-refractivity contribution in [2.45, 2.75) is 6.61 Å². The smallest absolute Gasteiger partial charge is 0.387 e. The Bertz CT molecular complexity index is 291. The van der Waals surface area contributed by atoms with E-state index in [1.807, 2.05) is 0 Å². The van der Waals surface area contributed by atoms with Crippen LogP contribution in [0.5, 0.6) is 11.5 Å². The number of halogens is 3. The summed E-state index contributed by atoms with van der Waals surface area (Å²) in [5.41, 5.74) is 0. The molecule has 0 fully saturated rings. The maximum absolute atomic E-state index is 11.8. The minimum Gasteiger partial charge on any atom is -0.491 e. The molecule has 1 aromatic carbocycles.